The van der Waals surface area contributed by atoms with Crippen LogP contribution in [0.3, 0.4) is 0 Å². The molecule has 0 aliphatic heterocycles. The second-order valence-corrected chi connectivity index (χ2v) is 16.4. The predicted octanol–water partition coefficient (Wildman–Crippen LogP) is 17.6. The van der Waals surface area contributed by atoms with Gasteiger partial charge in [0.1, 0.15) is 0 Å². The lowest BCUT2D eigenvalue weighted by atomic mass is 9.84. The number of nitrogens with zero attached hydrogens (tertiary/aromatic N) is 1. The van der Waals surface area contributed by atoms with Crippen LogP contribution in [0.25, 0.3) is 98.4 Å². The normalized spacial score (nSPS) is 11.5. The minimum absolute atomic E-state index is 1.09. The molecule has 12 aromatic carbocycles. The zero-order chi connectivity index (χ0) is 41.7. The molecule has 63 heavy (non-hydrogen) atoms. The second-order valence-electron chi connectivity index (χ2n) is 16.4. The molecule has 12 rings (SSSR count). The molecule has 0 aliphatic carbocycles. The van der Waals surface area contributed by atoms with Gasteiger partial charge in [0.2, 0.25) is 0 Å². The molecule has 0 unspecified atom stereocenters. The van der Waals surface area contributed by atoms with Crippen molar-refractivity contribution in [1.82, 2.24) is 0 Å². The van der Waals surface area contributed by atoms with Gasteiger partial charge in [-0.1, -0.05) is 212 Å². The molecule has 0 N–H and O–H groups in total. The molecule has 1 heteroatoms. The van der Waals surface area contributed by atoms with Crippen molar-refractivity contribution in [3.05, 3.63) is 249 Å². The van der Waals surface area contributed by atoms with Gasteiger partial charge in [0.05, 0.1) is 11.4 Å². The molecule has 0 amide bonds. The molecule has 12 aromatic rings. The molecular weight excluding hydrogens is 759 g/mol. The molecule has 0 aliphatic rings. The minimum atomic E-state index is 1.09. The summed E-state index contributed by atoms with van der Waals surface area (Å²) in [7, 11) is 0. The first kappa shape index (κ1) is 36.6. The van der Waals surface area contributed by atoms with Crippen LogP contribution in [-0.4, -0.2) is 0 Å². The number of anilines is 3. The molecular formula is C62H41N. The maximum atomic E-state index is 2.45. The van der Waals surface area contributed by atoms with Crippen LogP contribution in [0.4, 0.5) is 17.1 Å². The number of hydrogen-bond donors (Lipinski definition) is 0. The van der Waals surface area contributed by atoms with Crippen molar-refractivity contribution in [2.75, 3.05) is 4.90 Å². The zero-order valence-corrected chi connectivity index (χ0v) is 34.6. The second kappa shape index (κ2) is 15.3. The Labute approximate surface area is 367 Å². The van der Waals surface area contributed by atoms with Crippen molar-refractivity contribution >= 4 is 70.9 Å². The van der Waals surface area contributed by atoms with Gasteiger partial charge in [0, 0.05) is 16.6 Å². The number of benzene rings is 12. The molecule has 0 saturated heterocycles. The predicted molar refractivity (Wildman–Crippen MR) is 270 cm³/mol. The van der Waals surface area contributed by atoms with Crippen molar-refractivity contribution < 1.29 is 0 Å². The molecule has 1 nitrogen and oxygen atoms in total. The third-order valence-electron chi connectivity index (χ3n) is 12.8. The van der Waals surface area contributed by atoms with Crippen molar-refractivity contribution in [3.63, 3.8) is 0 Å². The molecule has 0 fully saturated rings. The maximum absolute atomic E-state index is 2.45. The van der Waals surface area contributed by atoms with E-state index < -0.39 is 0 Å². The van der Waals surface area contributed by atoms with Gasteiger partial charge in [-0.2, -0.15) is 0 Å². The first-order valence-corrected chi connectivity index (χ1v) is 21.8. The Balaban J connectivity index is 1.05. The average molecular weight is 800 g/mol. The van der Waals surface area contributed by atoms with Crippen LogP contribution in [0.1, 0.15) is 0 Å². The van der Waals surface area contributed by atoms with Crippen molar-refractivity contribution in [3.8, 4) is 44.5 Å². The first-order valence-electron chi connectivity index (χ1n) is 21.8. The Morgan fingerprint density at radius 3 is 1.48 bits per heavy atom. The van der Waals surface area contributed by atoms with Crippen LogP contribution >= 0.6 is 0 Å². The summed E-state index contributed by atoms with van der Waals surface area (Å²) in [6.45, 7) is 0. The van der Waals surface area contributed by atoms with Gasteiger partial charge in [0.15, 0.2) is 0 Å². The van der Waals surface area contributed by atoms with E-state index in [1.54, 1.807) is 0 Å². The smallest absolute Gasteiger partial charge is 0.0540 e. The van der Waals surface area contributed by atoms with E-state index in [2.05, 4.69) is 254 Å². The van der Waals surface area contributed by atoms with Gasteiger partial charge >= 0.3 is 0 Å². The standard InChI is InChI=1S/C62H41N/c1-3-18-45(19-4-1)61-57-27-12-11-26-55(57)56-39-35-49(41-58(56)62(61)46-20-5-2-6-21-46)54-25-13-14-28-59(54)63(60-29-15-22-43-16-8-10-24-53(43)60)50-36-32-42(33-37-50)47-34-38-52-48(40-47)31-30-44-17-7-9-23-51(44)52/h1-41H. The van der Waals surface area contributed by atoms with Crippen molar-refractivity contribution in [1.29, 1.82) is 0 Å². The molecule has 0 aromatic heterocycles. The Hall–Kier alpha value is -8.26. The van der Waals surface area contributed by atoms with Gasteiger partial charge in [-0.05, 0) is 124 Å². The Bertz CT molecular complexity index is 3660. The number of para-hydroxylation sites is 1. The largest absolute Gasteiger partial charge is 0.309 e. The summed E-state index contributed by atoms with van der Waals surface area (Å²) < 4.78 is 0. The van der Waals surface area contributed by atoms with E-state index in [0.29, 0.717) is 0 Å². The highest BCUT2D eigenvalue weighted by Crippen LogP contribution is 2.48. The summed E-state index contributed by atoms with van der Waals surface area (Å²) in [5.74, 6) is 0. The lowest BCUT2D eigenvalue weighted by molar-refractivity contribution is 1.30. The van der Waals surface area contributed by atoms with Crippen LogP contribution in [0, 0.1) is 0 Å². The Kier molecular flexibility index (Phi) is 8.90. The highest BCUT2D eigenvalue weighted by atomic mass is 15.1. The fourth-order valence-corrected chi connectivity index (χ4v) is 9.89. The van der Waals surface area contributed by atoms with E-state index in [1.807, 2.05) is 0 Å². The maximum Gasteiger partial charge on any atom is 0.0540 e. The van der Waals surface area contributed by atoms with Crippen LogP contribution < -0.4 is 4.90 Å². The summed E-state index contributed by atoms with van der Waals surface area (Å²) in [5.41, 5.74) is 13.0. The lowest BCUT2D eigenvalue weighted by Crippen LogP contribution is -2.11. The highest BCUT2D eigenvalue weighted by Gasteiger charge is 2.22. The highest BCUT2D eigenvalue weighted by molar-refractivity contribution is 6.22. The third kappa shape index (κ3) is 6.33. The Morgan fingerprint density at radius 1 is 0.222 bits per heavy atom. The van der Waals surface area contributed by atoms with Gasteiger partial charge in [-0.15, -0.1) is 0 Å². The van der Waals surface area contributed by atoms with Crippen LogP contribution in [-0.2, 0) is 0 Å². The average Bonchev–Trinajstić information content (AvgIpc) is 3.36. The fraction of sp³-hybridized carbons (Fsp3) is 0. The SMILES string of the molecule is c1ccc(-c2c(-c3ccccc3)c3cc(-c4ccccc4N(c4ccc(-c5ccc6c(ccc7ccccc76)c5)cc4)c4cccc5ccccc45)ccc3c3ccccc23)cc1. The van der Waals surface area contributed by atoms with Crippen molar-refractivity contribution in [2.24, 2.45) is 0 Å². The van der Waals surface area contributed by atoms with Crippen LogP contribution in [0.2, 0.25) is 0 Å². The van der Waals surface area contributed by atoms with Crippen molar-refractivity contribution in [2.45, 2.75) is 0 Å². The van der Waals surface area contributed by atoms with Crippen LogP contribution in [0.15, 0.2) is 249 Å². The van der Waals surface area contributed by atoms with Gasteiger partial charge in [-0.25, -0.2) is 0 Å². The molecule has 294 valence electrons. The van der Waals surface area contributed by atoms with E-state index in [-0.39, 0.29) is 0 Å². The number of rotatable bonds is 7. The van der Waals surface area contributed by atoms with E-state index in [0.717, 1.165) is 28.2 Å². The topological polar surface area (TPSA) is 3.24 Å². The third-order valence-corrected chi connectivity index (χ3v) is 12.8. The van der Waals surface area contributed by atoms with E-state index >= 15 is 0 Å². The fourth-order valence-electron chi connectivity index (χ4n) is 9.89. The molecule has 0 radical (unpaired) electrons. The van der Waals surface area contributed by atoms with E-state index in [1.165, 1.54) is 87.2 Å². The first-order chi connectivity index (χ1) is 31.3. The summed E-state index contributed by atoms with van der Waals surface area (Å²) in [6.07, 6.45) is 0. The molecule has 0 heterocycles. The zero-order valence-electron chi connectivity index (χ0n) is 34.6. The summed E-state index contributed by atoms with van der Waals surface area (Å²) in [5, 5.41) is 12.5. The van der Waals surface area contributed by atoms with Crippen LogP contribution in [0.5, 0.6) is 0 Å². The quantitative estimate of drug-likeness (QED) is 0.145. The van der Waals surface area contributed by atoms with E-state index in [9.17, 15) is 0 Å². The molecule has 0 saturated carbocycles. The summed E-state index contributed by atoms with van der Waals surface area (Å²) in [6, 6.07) is 91.1. The number of fused-ring (bicyclic) bond motifs is 7. The van der Waals surface area contributed by atoms with Gasteiger partial charge < -0.3 is 4.90 Å². The molecule has 0 bridgehead atoms. The van der Waals surface area contributed by atoms with Gasteiger partial charge in [0.25, 0.3) is 0 Å². The lowest BCUT2D eigenvalue weighted by Gasteiger charge is -2.29. The monoisotopic (exact) mass is 799 g/mol. The summed E-state index contributed by atoms with van der Waals surface area (Å²) in [4.78, 5) is 2.45. The van der Waals surface area contributed by atoms with Gasteiger partial charge in [-0.3, -0.25) is 0 Å². The van der Waals surface area contributed by atoms with E-state index in [4.69, 9.17) is 0 Å². The minimum Gasteiger partial charge on any atom is -0.309 e. The molecule has 0 atom stereocenters. The summed E-state index contributed by atoms with van der Waals surface area (Å²) >= 11 is 0. The Morgan fingerprint density at radius 2 is 0.714 bits per heavy atom. The molecule has 0 spiro atoms. The number of hydrogen-bond acceptors (Lipinski definition) is 1.